The molecule has 1 heterocycles. The summed E-state index contributed by atoms with van der Waals surface area (Å²) in [6.07, 6.45) is 2.09. The maximum atomic E-state index is 4.61. The van der Waals surface area contributed by atoms with Crippen molar-refractivity contribution >= 4 is 11.8 Å². The summed E-state index contributed by atoms with van der Waals surface area (Å²) in [6.45, 7) is 2.83. The maximum absolute atomic E-state index is 4.61. The molecule has 0 fully saturated rings. The molecule has 0 aliphatic carbocycles. The van der Waals surface area contributed by atoms with E-state index in [9.17, 15) is 0 Å². The Morgan fingerprint density at radius 1 is 1.28 bits per heavy atom. The number of imidazole rings is 1. The lowest BCUT2D eigenvalue weighted by Gasteiger charge is -2.07. The number of hydrogen-bond donors (Lipinski definition) is 1. The van der Waals surface area contributed by atoms with Gasteiger partial charge in [-0.05, 0) is 32.4 Å². The standard InChI is InChI=1S/C14H19N3S/c1-10-16-13(9-15-2)14(17(10)3)11-5-7-12(18-4)8-6-11/h5-8,15H,9H2,1-4H3. The van der Waals surface area contributed by atoms with E-state index in [0.29, 0.717) is 0 Å². The van der Waals surface area contributed by atoms with E-state index in [4.69, 9.17) is 0 Å². The minimum atomic E-state index is 0.793. The number of nitrogens with one attached hydrogen (secondary N) is 1. The Hall–Kier alpha value is -1.26. The van der Waals surface area contributed by atoms with Crippen molar-refractivity contribution in [3.63, 3.8) is 0 Å². The van der Waals surface area contributed by atoms with Crippen molar-refractivity contribution in [1.29, 1.82) is 0 Å². The van der Waals surface area contributed by atoms with E-state index in [-0.39, 0.29) is 0 Å². The molecule has 0 saturated carbocycles. The van der Waals surface area contributed by atoms with Crippen molar-refractivity contribution < 1.29 is 0 Å². The largest absolute Gasteiger partial charge is 0.331 e. The Morgan fingerprint density at radius 2 is 1.94 bits per heavy atom. The van der Waals surface area contributed by atoms with Crippen LogP contribution in [0, 0.1) is 6.92 Å². The first-order chi connectivity index (χ1) is 8.67. The summed E-state index contributed by atoms with van der Waals surface area (Å²) >= 11 is 1.76. The molecule has 0 atom stereocenters. The van der Waals surface area contributed by atoms with Crippen molar-refractivity contribution in [2.45, 2.75) is 18.4 Å². The summed E-state index contributed by atoms with van der Waals surface area (Å²) in [5.41, 5.74) is 3.53. The quantitative estimate of drug-likeness (QED) is 0.858. The minimum absolute atomic E-state index is 0.793. The zero-order valence-electron chi connectivity index (χ0n) is 11.3. The molecular weight excluding hydrogens is 242 g/mol. The third kappa shape index (κ3) is 2.44. The fourth-order valence-electron chi connectivity index (χ4n) is 2.08. The van der Waals surface area contributed by atoms with Gasteiger partial charge in [0.2, 0.25) is 0 Å². The van der Waals surface area contributed by atoms with Crippen LogP contribution >= 0.6 is 11.8 Å². The molecule has 18 heavy (non-hydrogen) atoms. The van der Waals surface area contributed by atoms with Gasteiger partial charge in [-0.2, -0.15) is 0 Å². The number of aryl methyl sites for hydroxylation is 1. The van der Waals surface area contributed by atoms with Crippen LogP contribution in [-0.4, -0.2) is 22.9 Å². The van der Waals surface area contributed by atoms with E-state index in [1.165, 1.54) is 16.2 Å². The highest BCUT2D eigenvalue weighted by atomic mass is 32.2. The monoisotopic (exact) mass is 261 g/mol. The summed E-state index contributed by atoms with van der Waals surface area (Å²) < 4.78 is 2.15. The molecule has 0 saturated heterocycles. The van der Waals surface area contributed by atoms with Gasteiger partial charge in [-0.1, -0.05) is 12.1 Å². The maximum Gasteiger partial charge on any atom is 0.106 e. The molecule has 1 N–H and O–H groups in total. The van der Waals surface area contributed by atoms with Crippen molar-refractivity contribution in [1.82, 2.24) is 14.9 Å². The minimum Gasteiger partial charge on any atom is -0.331 e. The molecule has 3 nitrogen and oxygen atoms in total. The molecule has 1 aromatic heterocycles. The first-order valence-corrected chi connectivity index (χ1v) is 7.21. The lowest BCUT2D eigenvalue weighted by molar-refractivity contribution is 0.796. The van der Waals surface area contributed by atoms with Crippen LogP contribution in [0.5, 0.6) is 0 Å². The summed E-state index contributed by atoms with van der Waals surface area (Å²) in [5, 5.41) is 3.18. The number of benzene rings is 1. The van der Waals surface area contributed by atoms with E-state index < -0.39 is 0 Å². The average Bonchev–Trinajstić information content (AvgIpc) is 2.66. The van der Waals surface area contributed by atoms with Crippen LogP contribution in [0.3, 0.4) is 0 Å². The normalized spacial score (nSPS) is 10.9. The summed E-state index contributed by atoms with van der Waals surface area (Å²) in [4.78, 5) is 5.90. The SMILES string of the molecule is CNCc1nc(C)n(C)c1-c1ccc(SC)cc1. The molecular formula is C14H19N3S. The average molecular weight is 261 g/mol. The zero-order chi connectivity index (χ0) is 13.1. The number of hydrogen-bond acceptors (Lipinski definition) is 3. The molecule has 0 spiro atoms. The molecule has 2 aromatic rings. The van der Waals surface area contributed by atoms with Crippen molar-refractivity contribution in [2.24, 2.45) is 7.05 Å². The van der Waals surface area contributed by atoms with Crippen LogP contribution in [0.4, 0.5) is 0 Å². The van der Waals surface area contributed by atoms with Crippen molar-refractivity contribution in [3.8, 4) is 11.3 Å². The van der Waals surface area contributed by atoms with E-state index in [2.05, 4.69) is 52.4 Å². The number of aromatic nitrogens is 2. The number of rotatable bonds is 4. The van der Waals surface area contributed by atoms with Gasteiger partial charge in [0.25, 0.3) is 0 Å². The Morgan fingerprint density at radius 3 is 2.50 bits per heavy atom. The second-order valence-corrected chi connectivity index (χ2v) is 5.15. The van der Waals surface area contributed by atoms with E-state index >= 15 is 0 Å². The van der Waals surface area contributed by atoms with Crippen molar-refractivity contribution in [2.75, 3.05) is 13.3 Å². The predicted octanol–water partition coefficient (Wildman–Crippen LogP) is 2.84. The smallest absolute Gasteiger partial charge is 0.106 e. The number of thioether (sulfide) groups is 1. The van der Waals surface area contributed by atoms with Gasteiger partial charge in [-0.15, -0.1) is 11.8 Å². The predicted molar refractivity (Wildman–Crippen MR) is 77.9 cm³/mol. The zero-order valence-corrected chi connectivity index (χ0v) is 12.1. The lowest BCUT2D eigenvalue weighted by atomic mass is 10.1. The molecule has 2 rings (SSSR count). The second kappa shape index (κ2) is 5.59. The summed E-state index contributed by atoms with van der Waals surface area (Å²) in [5.74, 6) is 1.05. The van der Waals surface area contributed by atoms with Crippen molar-refractivity contribution in [3.05, 3.63) is 35.8 Å². The van der Waals surface area contributed by atoms with Gasteiger partial charge in [-0.3, -0.25) is 0 Å². The topological polar surface area (TPSA) is 29.9 Å². The fraction of sp³-hybridized carbons (Fsp3) is 0.357. The third-order valence-electron chi connectivity index (χ3n) is 3.10. The molecule has 0 amide bonds. The van der Waals surface area contributed by atoms with Gasteiger partial charge < -0.3 is 9.88 Å². The summed E-state index contributed by atoms with van der Waals surface area (Å²) in [7, 11) is 4.02. The lowest BCUT2D eigenvalue weighted by Crippen LogP contribution is -2.07. The Balaban J connectivity index is 2.47. The van der Waals surface area contributed by atoms with Gasteiger partial charge in [0.05, 0.1) is 11.4 Å². The molecule has 0 unspecified atom stereocenters. The third-order valence-corrected chi connectivity index (χ3v) is 3.84. The molecule has 1 aromatic carbocycles. The molecule has 4 heteroatoms. The number of nitrogens with zero attached hydrogens (tertiary/aromatic N) is 2. The Bertz CT molecular complexity index is 529. The summed E-state index contributed by atoms with van der Waals surface area (Å²) in [6, 6.07) is 8.65. The van der Waals surface area contributed by atoms with Crippen LogP contribution in [-0.2, 0) is 13.6 Å². The molecule has 0 bridgehead atoms. The molecule has 96 valence electrons. The van der Waals surface area contributed by atoms with Crippen LogP contribution in [0.25, 0.3) is 11.3 Å². The van der Waals surface area contributed by atoms with Gasteiger partial charge in [0.1, 0.15) is 5.82 Å². The molecule has 0 radical (unpaired) electrons. The highest BCUT2D eigenvalue weighted by molar-refractivity contribution is 7.98. The van der Waals surface area contributed by atoms with Crippen LogP contribution < -0.4 is 5.32 Å². The van der Waals surface area contributed by atoms with Gasteiger partial charge >= 0.3 is 0 Å². The van der Waals surface area contributed by atoms with Gasteiger partial charge in [0, 0.05) is 24.1 Å². The first kappa shape index (κ1) is 13.2. The first-order valence-electron chi connectivity index (χ1n) is 5.98. The Labute approximate surface area is 113 Å². The second-order valence-electron chi connectivity index (χ2n) is 4.27. The Kier molecular flexibility index (Phi) is 4.09. The highest BCUT2D eigenvalue weighted by Crippen LogP contribution is 2.26. The van der Waals surface area contributed by atoms with E-state index in [1.807, 2.05) is 14.0 Å². The van der Waals surface area contributed by atoms with Crippen LogP contribution in [0.2, 0.25) is 0 Å². The van der Waals surface area contributed by atoms with Gasteiger partial charge in [-0.25, -0.2) is 4.98 Å². The molecule has 0 aliphatic heterocycles. The van der Waals surface area contributed by atoms with Crippen LogP contribution in [0.1, 0.15) is 11.5 Å². The van der Waals surface area contributed by atoms with E-state index in [1.54, 1.807) is 11.8 Å². The van der Waals surface area contributed by atoms with Crippen LogP contribution in [0.15, 0.2) is 29.2 Å². The fourth-order valence-corrected chi connectivity index (χ4v) is 2.49. The molecule has 0 aliphatic rings. The van der Waals surface area contributed by atoms with Gasteiger partial charge in [0.15, 0.2) is 0 Å². The highest BCUT2D eigenvalue weighted by Gasteiger charge is 2.13. The van der Waals surface area contributed by atoms with E-state index in [0.717, 1.165) is 18.1 Å².